The summed E-state index contributed by atoms with van der Waals surface area (Å²) in [6.45, 7) is 0. The van der Waals surface area contributed by atoms with Crippen molar-refractivity contribution in [3.63, 3.8) is 0 Å². The lowest BCUT2D eigenvalue weighted by atomic mass is 9.77. The average molecular weight is 390 g/mol. The van der Waals surface area contributed by atoms with Crippen LogP contribution in [0.25, 0.3) is 0 Å². The van der Waals surface area contributed by atoms with Crippen molar-refractivity contribution in [2.45, 2.75) is 5.60 Å². The summed E-state index contributed by atoms with van der Waals surface area (Å²) in [5, 5.41) is 11.2. The third kappa shape index (κ3) is 2.22. The Morgan fingerprint density at radius 1 is 1.00 bits per heavy atom. The van der Waals surface area contributed by atoms with Gasteiger partial charge in [-0.3, -0.25) is 10.1 Å². The van der Waals surface area contributed by atoms with Gasteiger partial charge in [-0.2, -0.15) is 0 Å². The number of carbonyl (C=O) groups is 1. The maximum absolute atomic E-state index is 12.8. The van der Waals surface area contributed by atoms with E-state index in [2.05, 4.69) is 0 Å². The SMILES string of the molecule is COc1ccc2c(c1)Oc1cc(N)ccc1C21OC(=O)c2cc([N+](=O)[O-])ccc21. The van der Waals surface area contributed by atoms with E-state index in [0.717, 1.165) is 0 Å². The van der Waals surface area contributed by atoms with E-state index < -0.39 is 16.5 Å². The summed E-state index contributed by atoms with van der Waals surface area (Å²) >= 11 is 0. The number of non-ortho nitro benzene ring substituents is 1. The van der Waals surface area contributed by atoms with Gasteiger partial charge < -0.3 is 19.9 Å². The van der Waals surface area contributed by atoms with Crippen LogP contribution in [0.3, 0.4) is 0 Å². The van der Waals surface area contributed by atoms with E-state index in [9.17, 15) is 14.9 Å². The van der Waals surface area contributed by atoms with Gasteiger partial charge in [-0.1, -0.05) is 0 Å². The molecule has 2 heterocycles. The van der Waals surface area contributed by atoms with Crippen LogP contribution >= 0.6 is 0 Å². The Kier molecular flexibility index (Phi) is 3.36. The normalized spacial score (nSPS) is 18.3. The van der Waals surface area contributed by atoms with Gasteiger partial charge in [-0.05, 0) is 30.3 Å². The van der Waals surface area contributed by atoms with E-state index >= 15 is 0 Å². The number of hydrogen-bond acceptors (Lipinski definition) is 7. The molecule has 2 aliphatic heterocycles. The highest BCUT2D eigenvalue weighted by Crippen LogP contribution is 2.57. The molecule has 1 spiro atoms. The molecule has 2 N–H and O–H groups in total. The Morgan fingerprint density at radius 3 is 2.41 bits per heavy atom. The standard InChI is InChI=1S/C21H14N2O6/c1-27-13-4-7-17-19(10-13)28-18-8-11(22)2-5-16(18)21(17)15-6-3-12(23(25)26)9-14(15)20(24)29-21/h2-10H,22H2,1H3. The topological polar surface area (TPSA) is 114 Å². The van der Waals surface area contributed by atoms with E-state index in [4.69, 9.17) is 19.9 Å². The number of rotatable bonds is 2. The Morgan fingerprint density at radius 2 is 1.69 bits per heavy atom. The molecule has 144 valence electrons. The van der Waals surface area contributed by atoms with E-state index in [-0.39, 0.29) is 11.3 Å². The molecule has 0 amide bonds. The largest absolute Gasteiger partial charge is 0.497 e. The van der Waals surface area contributed by atoms with Gasteiger partial charge in [-0.25, -0.2) is 4.79 Å². The van der Waals surface area contributed by atoms with Crippen LogP contribution in [0.15, 0.2) is 54.6 Å². The number of fused-ring (bicyclic) bond motifs is 6. The van der Waals surface area contributed by atoms with Crippen LogP contribution in [0.2, 0.25) is 0 Å². The Bertz CT molecular complexity index is 1220. The second kappa shape index (κ2) is 5.71. The molecule has 2 aliphatic rings. The van der Waals surface area contributed by atoms with Crippen LogP contribution in [0.4, 0.5) is 11.4 Å². The number of ether oxygens (including phenoxy) is 3. The van der Waals surface area contributed by atoms with Gasteiger partial charge in [0.1, 0.15) is 17.2 Å². The molecule has 0 fully saturated rings. The molecule has 8 nitrogen and oxygen atoms in total. The number of benzene rings is 3. The first-order valence-electron chi connectivity index (χ1n) is 8.72. The molecule has 29 heavy (non-hydrogen) atoms. The fourth-order valence-corrected chi connectivity index (χ4v) is 3.95. The van der Waals surface area contributed by atoms with Crippen LogP contribution in [0.5, 0.6) is 17.2 Å². The number of nitrogen functional groups attached to an aromatic ring is 1. The van der Waals surface area contributed by atoms with Crippen LogP contribution in [0, 0.1) is 10.1 Å². The number of hydrogen-bond donors (Lipinski definition) is 1. The predicted molar refractivity (Wildman–Crippen MR) is 102 cm³/mol. The van der Waals surface area contributed by atoms with Gasteiger partial charge in [0.25, 0.3) is 5.69 Å². The fraction of sp³-hybridized carbons (Fsp3) is 0.0952. The molecule has 0 bridgehead atoms. The second-order valence-corrected chi connectivity index (χ2v) is 6.78. The quantitative estimate of drug-likeness (QED) is 0.307. The first-order valence-corrected chi connectivity index (χ1v) is 8.72. The average Bonchev–Trinajstić information content (AvgIpc) is 3.00. The number of anilines is 1. The van der Waals surface area contributed by atoms with E-state index in [0.29, 0.717) is 39.6 Å². The zero-order valence-corrected chi connectivity index (χ0v) is 15.2. The lowest BCUT2D eigenvalue weighted by Crippen LogP contribution is -2.33. The van der Waals surface area contributed by atoms with Gasteiger partial charge in [0.15, 0.2) is 5.60 Å². The van der Waals surface area contributed by atoms with Crippen molar-refractivity contribution >= 4 is 17.3 Å². The summed E-state index contributed by atoms with van der Waals surface area (Å²) in [6, 6.07) is 14.4. The molecule has 8 heteroatoms. The highest BCUT2D eigenvalue weighted by atomic mass is 16.6. The molecule has 0 radical (unpaired) electrons. The van der Waals surface area contributed by atoms with Crippen molar-refractivity contribution in [2.24, 2.45) is 0 Å². The lowest BCUT2D eigenvalue weighted by molar-refractivity contribution is -0.384. The number of carbonyl (C=O) groups excluding carboxylic acids is 1. The van der Waals surface area contributed by atoms with Gasteiger partial charge in [0.05, 0.1) is 17.6 Å². The summed E-state index contributed by atoms with van der Waals surface area (Å²) in [4.78, 5) is 23.4. The Hall–Kier alpha value is -4.07. The summed E-state index contributed by atoms with van der Waals surface area (Å²) in [7, 11) is 1.54. The van der Waals surface area contributed by atoms with Gasteiger partial charge in [0.2, 0.25) is 0 Å². The van der Waals surface area contributed by atoms with Gasteiger partial charge in [0, 0.05) is 46.6 Å². The monoisotopic (exact) mass is 390 g/mol. The molecule has 1 unspecified atom stereocenters. The molecule has 0 saturated heterocycles. The van der Waals surface area contributed by atoms with Crippen LogP contribution < -0.4 is 15.2 Å². The van der Waals surface area contributed by atoms with Gasteiger partial charge >= 0.3 is 5.97 Å². The summed E-state index contributed by atoms with van der Waals surface area (Å²) < 4.78 is 17.3. The first kappa shape index (κ1) is 17.1. The van der Waals surface area contributed by atoms with Crippen molar-refractivity contribution in [3.05, 3.63) is 87.0 Å². The van der Waals surface area contributed by atoms with Crippen molar-refractivity contribution in [1.29, 1.82) is 0 Å². The summed E-state index contributed by atoms with van der Waals surface area (Å²) in [6.07, 6.45) is 0. The highest BCUT2D eigenvalue weighted by Gasteiger charge is 2.54. The molecule has 0 aliphatic carbocycles. The maximum atomic E-state index is 12.8. The molecule has 5 rings (SSSR count). The highest BCUT2D eigenvalue weighted by molar-refractivity contribution is 5.97. The first-order chi connectivity index (χ1) is 13.9. The van der Waals surface area contributed by atoms with Crippen molar-refractivity contribution in [1.82, 2.24) is 0 Å². The Labute approximate surface area is 164 Å². The zero-order valence-electron chi connectivity index (χ0n) is 15.2. The van der Waals surface area contributed by atoms with Crippen LogP contribution in [-0.2, 0) is 10.3 Å². The van der Waals surface area contributed by atoms with Gasteiger partial charge in [-0.15, -0.1) is 0 Å². The smallest absolute Gasteiger partial charge is 0.340 e. The molecular formula is C21H14N2O6. The Balaban J connectivity index is 1.85. The number of esters is 1. The maximum Gasteiger partial charge on any atom is 0.340 e. The zero-order chi connectivity index (χ0) is 20.3. The van der Waals surface area contributed by atoms with Crippen LogP contribution in [0.1, 0.15) is 27.0 Å². The molecule has 3 aromatic carbocycles. The molecule has 3 aromatic rings. The van der Waals surface area contributed by atoms with E-state index in [1.165, 1.54) is 19.2 Å². The van der Waals surface area contributed by atoms with Crippen molar-refractivity contribution in [2.75, 3.05) is 12.8 Å². The summed E-state index contributed by atoms with van der Waals surface area (Å²) in [5.74, 6) is 0.806. The fourth-order valence-electron chi connectivity index (χ4n) is 3.95. The number of nitrogens with zero attached hydrogens (tertiary/aromatic N) is 1. The number of methoxy groups -OCH3 is 1. The second-order valence-electron chi connectivity index (χ2n) is 6.78. The van der Waals surface area contributed by atoms with Crippen LogP contribution in [-0.4, -0.2) is 18.0 Å². The third-order valence-corrected chi connectivity index (χ3v) is 5.23. The minimum absolute atomic E-state index is 0.144. The molecule has 0 saturated carbocycles. The molecular weight excluding hydrogens is 376 g/mol. The van der Waals surface area contributed by atoms with E-state index in [1.54, 1.807) is 42.5 Å². The lowest BCUT2D eigenvalue weighted by Gasteiger charge is -2.36. The molecule has 1 atom stereocenters. The minimum Gasteiger partial charge on any atom is -0.497 e. The molecule has 0 aromatic heterocycles. The van der Waals surface area contributed by atoms with Crippen molar-refractivity contribution < 1.29 is 23.9 Å². The number of nitrogens with two attached hydrogens (primary N) is 1. The minimum atomic E-state index is -1.30. The predicted octanol–water partition coefficient (Wildman–Crippen LogP) is 3.75. The van der Waals surface area contributed by atoms with Crippen molar-refractivity contribution in [3.8, 4) is 17.2 Å². The number of nitro benzene ring substituents is 1. The summed E-state index contributed by atoms with van der Waals surface area (Å²) in [5.41, 5.74) is 6.77. The third-order valence-electron chi connectivity index (χ3n) is 5.23. The number of nitro groups is 1. The van der Waals surface area contributed by atoms with E-state index in [1.807, 2.05) is 0 Å².